The molecule has 2 aromatic carbocycles. The summed E-state index contributed by atoms with van der Waals surface area (Å²) in [5.41, 5.74) is 3.90. The van der Waals surface area contributed by atoms with Crippen molar-refractivity contribution >= 4 is 17.6 Å². The van der Waals surface area contributed by atoms with Crippen LogP contribution in [0, 0.1) is 6.92 Å². The first kappa shape index (κ1) is 25.5. The van der Waals surface area contributed by atoms with Crippen molar-refractivity contribution in [1.29, 1.82) is 0 Å². The minimum Gasteiger partial charge on any atom is -0.454 e. The van der Waals surface area contributed by atoms with E-state index in [9.17, 15) is 9.59 Å². The van der Waals surface area contributed by atoms with Crippen LogP contribution in [0.2, 0.25) is 0 Å². The topological polar surface area (TPSA) is 97.3 Å². The molecular formula is C28H31N5O5. The Kier molecular flexibility index (Phi) is 7.69. The Morgan fingerprint density at radius 3 is 2.42 bits per heavy atom. The van der Waals surface area contributed by atoms with Crippen molar-refractivity contribution in [2.75, 3.05) is 58.1 Å². The first-order valence-corrected chi connectivity index (χ1v) is 12.6. The number of methoxy groups -OCH3 is 1. The molecule has 1 saturated heterocycles. The quantitative estimate of drug-likeness (QED) is 0.450. The molecule has 0 spiro atoms. The molecule has 198 valence electrons. The van der Waals surface area contributed by atoms with Crippen molar-refractivity contribution in [1.82, 2.24) is 20.0 Å². The standard InChI is InChI=1S/C28H31N5O5/c1-20-3-6-22(7-4-20)23-8-10-26(30-29-23)31-11-13-32(14-12-31)27(34)17-33(28(35)18-36-2)16-21-5-9-24-25(15-21)38-19-37-24/h3-10,15H,11-14,16-19H2,1-2H3. The molecule has 0 N–H and O–H groups in total. The van der Waals surface area contributed by atoms with Gasteiger partial charge in [-0.3, -0.25) is 9.59 Å². The van der Waals surface area contributed by atoms with Gasteiger partial charge >= 0.3 is 0 Å². The number of benzene rings is 2. The molecule has 0 unspecified atom stereocenters. The van der Waals surface area contributed by atoms with Gasteiger partial charge in [-0.05, 0) is 36.8 Å². The SMILES string of the molecule is COCC(=O)N(CC(=O)N1CCN(c2ccc(-c3ccc(C)cc3)nn2)CC1)Cc1ccc2c(c1)OCO2. The summed E-state index contributed by atoms with van der Waals surface area (Å²) < 4.78 is 15.9. The molecule has 3 heterocycles. The summed E-state index contributed by atoms with van der Waals surface area (Å²) in [6, 6.07) is 17.6. The average molecular weight is 518 g/mol. The van der Waals surface area contributed by atoms with E-state index in [4.69, 9.17) is 14.2 Å². The summed E-state index contributed by atoms with van der Waals surface area (Å²) in [4.78, 5) is 31.3. The van der Waals surface area contributed by atoms with Crippen LogP contribution in [0.4, 0.5) is 5.82 Å². The number of amides is 2. The molecule has 2 amide bonds. The van der Waals surface area contributed by atoms with Crippen molar-refractivity contribution in [3.8, 4) is 22.8 Å². The number of rotatable bonds is 8. The number of piperazine rings is 1. The molecule has 0 aliphatic carbocycles. The Hall–Kier alpha value is -4.18. The van der Waals surface area contributed by atoms with Crippen LogP contribution in [0.5, 0.6) is 11.5 Å². The lowest BCUT2D eigenvalue weighted by Crippen LogP contribution is -2.52. The second-order valence-electron chi connectivity index (χ2n) is 9.38. The molecule has 0 radical (unpaired) electrons. The lowest BCUT2D eigenvalue weighted by atomic mass is 10.1. The van der Waals surface area contributed by atoms with Gasteiger partial charge in [0.2, 0.25) is 18.6 Å². The summed E-state index contributed by atoms with van der Waals surface area (Å²) in [5.74, 6) is 1.75. The van der Waals surface area contributed by atoms with Crippen molar-refractivity contribution in [2.24, 2.45) is 0 Å². The van der Waals surface area contributed by atoms with Gasteiger partial charge in [-0.25, -0.2) is 0 Å². The predicted octanol–water partition coefficient (Wildman–Crippen LogP) is 2.50. The number of aryl methyl sites for hydroxylation is 1. The van der Waals surface area contributed by atoms with E-state index in [0.29, 0.717) is 37.7 Å². The molecule has 38 heavy (non-hydrogen) atoms. The van der Waals surface area contributed by atoms with Crippen molar-refractivity contribution < 1.29 is 23.8 Å². The highest BCUT2D eigenvalue weighted by Crippen LogP contribution is 2.32. The van der Waals surface area contributed by atoms with Crippen molar-refractivity contribution in [3.63, 3.8) is 0 Å². The maximum Gasteiger partial charge on any atom is 0.249 e. The molecule has 1 fully saturated rings. The third-order valence-corrected chi connectivity index (χ3v) is 6.71. The lowest BCUT2D eigenvalue weighted by molar-refractivity contribution is -0.143. The Morgan fingerprint density at radius 2 is 1.71 bits per heavy atom. The smallest absolute Gasteiger partial charge is 0.249 e. The predicted molar refractivity (Wildman–Crippen MR) is 141 cm³/mol. The van der Waals surface area contributed by atoms with Crippen molar-refractivity contribution in [3.05, 3.63) is 65.7 Å². The molecular weight excluding hydrogens is 486 g/mol. The van der Waals surface area contributed by atoms with Gasteiger partial charge in [-0.2, -0.15) is 0 Å². The van der Waals surface area contributed by atoms with Crippen LogP contribution >= 0.6 is 0 Å². The number of nitrogens with zero attached hydrogens (tertiary/aromatic N) is 5. The molecule has 2 aliphatic heterocycles. The second kappa shape index (κ2) is 11.5. The van der Waals surface area contributed by atoms with Gasteiger partial charge in [0.05, 0.1) is 5.69 Å². The third kappa shape index (κ3) is 5.86. The van der Waals surface area contributed by atoms with E-state index in [1.165, 1.54) is 17.6 Å². The number of aromatic nitrogens is 2. The highest BCUT2D eigenvalue weighted by molar-refractivity contribution is 5.85. The van der Waals surface area contributed by atoms with Crippen LogP contribution in [0.1, 0.15) is 11.1 Å². The molecule has 1 aromatic heterocycles. The zero-order valence-corrected chi connectivity index (χ0v) is 21.6. The monoisotopic (exact) mass is 517 g/mol. The maximum absolute atomic E-state index is 13.2. The fraction of sp³-hybridized carbons (Fsp3) is 0.357. The zero-order valence-electron chi connectivity index (χ0n) is 21.6. The number of hydrogen-bond acceptors (Lipinski definition) is 8. The van der Waals surface area contributed by atoms with Gasteiger partial charge in [-0.15, -0.1) is 10.2 Å². The first-order chi connectivity index (χ1) is 18.5. The van der Waals surface area contributed by atoms with Crippen molar-refractivity contribution in [2.45, 2.75) is 13.5 Å². The molecule has 0 bridgehead atoms. The number of fused-ring (bicyclic) bond motifs is 1. The van der Waals surface area contributed by atoms with E-state index in [2.05, 4.69) is 34.2 Å². The van der Waals surface area contributed by atoms with E-state index >= 15 is 0 Å². The molecule has 3 aromatic rings. The van der Waals surface area contributed by atoms with Crippen LogP contribution in [0.25, 0.3) is 11.3 Å². The van der Waals surface area contributed by atoms with Gasteiger partial charge in [0, 0.05) is 45.4 Å². The highest BCUT2D eigenvalue weighted by Gasteiger charge is 2.26. The molecule has 0 atom stereocenters. The molecule has 0 saturated carbocycles. The second-order valence-corrected chi connectivity index (χ2v) is 9.38. The van der Waals surface area contributed by atoms with E-state index in [0.717, 1.165) is 22.6 Å². The molecule has 10 heteroatoms. The van der Waals surface area contributed by atoms with Gasteiger partial charge in [0.25, 0.3) is 0 Å². The number of hydrogen-bond donors (Lipinski definition) is 0. The molecule has 2 aliphatic rings. The van der Waals surface area contributed by atoms with Gasteiger partial charge in [-0.1, -0.05) is 35.9 Å². The van der Waals surface area contributed by atoms with Gasteiger partial charge < -0.3 is 28.9 Å². The van der Waals surface area contributed by atoms with E-state index < -0.39 is 0 Å². The maximum atomic E-state index is 13.2. The number of ether oxygens (including phenoxy) is 3. The molecule has 10 nitrogen and oxygen atoms in total. The normalized spacial score (nSPS) is 14.5. The van der Waals surface area contributed by atoms with Crippen LogP contribution in [-0.2, 0) is 20.9 Å². The van der Waals surface area contributed by atoms with E-state index in [1.54, 1.807) is 4.90 Å². The van der Waals surface area contributed by atoms with Crippen LogP contribution in [0.3, 0.4) is 0 Å². The number of anilines is 1. The van der Waals surface area contributed by atoms with E-state index in [-0.39, 0.29) is 38.3 Å². The summed E-state index contributed by atoms with van der Waals surface area (Å²) >= 11 is 0. The summed E-state index contributed by atoms with van der Waals surface area (Å²) in [5, 5.41) is 8.82. The Morgan fingerprint density at radius 1 is 0.947 bits per heavy atom. The van der Waals surface area contributed by atoms with Gasteiger partial charge in [0.1, 0.15) is 13.2 Å². The first-order valence-electron chi connectivity index (χ1n) is 12.6. The van der Waals surface area contributed by atoms with Gasteiger partial charge in [0.15, 0.2) is 17.3 Å². The van der Waals surface area contributed by atoms with Crippen LogP contribution in [-0.4, -0.2) is 85.0 Å². The molecule has 5 rings (SSSR count). The fourth-order valence-electron chi connectivity index (χ4n) is 4.53. The average Bonchev–Trinajstić information content (AvgIpc) is 3.41. The number of carbonyl (C=O) groups is 2. The largest absolute Gasteiger partial charge is 0.454 e. The zero-order chi connectivity index (χ0) is 26.5. The van der Waals surface area contributed by atoms with E-state index in [1.807, 2.05) is 42.5 Å². The number of carbonyl (C=O) groups excluding carboxylic acids is 2. The lowest BCUT2D eigenvalue weighted by Gasteiger charge is -2.36. The Balaban J connectivity index is 1.18. The fourth-order valence-corrected chi connectivity index (χ4v) is 4.53. The third-order valence-electron chi connectivity index (χ3n) is 6.71. The summed E-state index contributed by atoms with van der Waals surface area (Å²) in [6.07, 6.45) is 0. The van der Waals surface area contributed by atoms with Crippen LogP contribution in [0.15, 0.2) is 54.6 Å². The Labute approximate surface area is 221 Å². The highest BCUT2D eigenvalue weighted by atomic mass is 16.7. The summed E-state index contributed by atoms with van der Waals surface area (Å²) in [7, 11) is 1.47. The Bertz CT molecular complexity index is 1270. The van der Waals surface area contributed by atoms with Crippen LogP contribution < -0.4 is 14.4 Å². The minimum absolute atomic E-state index is 0.0261. The summed E-state index contributed by atoms with van der Waals surface area (Å²) in [6.45, 7) is 4.73. The minimum atomic E-state index is -0.249.